The van der Waals surface area contributed by atoms with Gasteiger partial charge in [-0.25, -0.2) is 9.13 Å². The van der Waals surface area contributed by atoms with E-state index in [-0.39, 0.29) is 25.7 Å². The molecule has 0 bridgehead atoms. The SMILES string of the molecule is CC/C=C\C/C=C\C/C=C\C/C=C\C/C=C\C/C=C\CCC(=O)O[C@H](COC(=O)CCC/C=C\C/C=C\C/C=C\C/C=C\CCCCC)COP(=O)(O)OC[C@@H](O)COP(=O)(O)OC[C@@H](COC(=O)CCCCCCCCCCCCCCCCC)OC(=O)CC/C=C\C/C=C\C/C=C\C/C=C\C/C=C\C/C=C\CC. The second kappa shape index (κ2) is 80.9. The summed E-state index contributed by atoms with van der Waals surface area (Å²) in [7, 11) is -10.0. The number of carbonyl (C=O) groups is 4. The number of unbranched alkanes of at least 4 members (excludes halogenated alkanes) is 18. The van der Waals surface area contributed by atoms with Gasteiger partial charge in [0.15, 0.2) is 12.2 Å². The summed E-state index contributed by atoms with van der Waals surface area (Å²) >= 11 is 0. The molecule has 0 aliphatic heterocycles. The van der Waals surface area contributed by atoms with Gasteiger partial charge in [0.25, 0.3) is 0 Å². The smallest absolute Gasteiger partial charge is 0.462 e. The summed E-state index contributed by atoms with van der Waals surface area (Å²) in [5, 5.41) is 10.7. The number of phosphoric ester groups is 2. The maximum absolute atomic E-state index is 13.1. The number of rotatable bonds is 76. The van der Waals surface area contributed by atoms with E-state index in [9.17, 15) is 43.2 Å². The summed E-state index contributed by atoms with van der Waals surface area (Å²) in [6.45, 7) is 4.38. The van der Waals surface area contributed by atoms with Crippen LogP contribution in [-0.2, 0) is 65.4 Å². The van der Waals surface area contributed by atoms with Crippen molar-refractivity contribution in [3.05, 3.63) is 194 Å². The Balaban J connectivity index is 5.58. The summed E-state index contributed by atoms with van der Waals surface area (Å²) in [5.41, 5.74) is 0. The fraction of sp³-hybridized carbons (Fsp3) is 0.604. The van der Waals surface area contributed by atoms with Crippen molar-refractivity contribution < 1.29 is 80.2 Å². The maximum Gasteiger partial charge on any atom is 0.472 e. The lowest BCUT2D eigenvalue weighted by atomic mass is 10.0. The second-order valence-electron chi connectivity index (χ2n) is 27.0. The van der Waals surface area contributed by atoms with E-state index in [1.807, 2.05) is 48.6 Å². The Morgan fingerprint density at radius 1 is 0.264 bits per heavy atom. The van der Waals surface area contributed by atoms with Gasteiger partial charge in [-0.15, -0.1) is 0 Å². The van der Waals surface area contributed by atoms with Crippen LogP contribution in [0.2, 0.25) is 0 Å². The number of aliphatic hydroxyl groups excluding tert-OH is 1. The standard InChI is InChI=1S/C91H146O17P2/c1-5-9-13-17-21-25-29-33-37-40-42-45-49-53-57-61-65-69-73-77-90(95)107-86(81-101-88(93)75-71-67-63-59-55-51-47-36-32-28-24-20-16-12-8-4)83-105-109(97,98)103-79-85(92)80-104-110(99,100)106-84-87(82-102-89(94)76-72-68-64-60-56-52-48-44-39-35-31-27-23-19-15-11-7-3)108-91(96)78-74-70-66-62-58-54-50-46-43-41-38-34-30-26-22-18-14-10-6-2/h9-10,13-14,21-23,25-27,33-35,37-39,42-43,45-46,48,52-54,57-58,60,64-66,69-70,85-87,92H,5-8,11-12,15-20,24,28-32,36,40-41,44,47,49-51,55-56,59,61-63,67-68,71-84H2,1-4H3,(H,97,98)(H,99,100)/b13-9-,14-10-,25-21-,26-22-,27-23-,37-33-,38-34-,39-35-,45-42-,46-43-,52-48-,57-53-,58-54-,64-60-,69-65-,70-66-/t85-,86+,87+/m0/s1. The van der Waals surface area contributed by atoms with Crippen molar-refractivity contribution in [3.63, 3.8) is 0 Å². The van der Waals surface area contributed by atoms with E-state index >= 15 is 0 Å². The molecular weight excluding hydrogens is 1430 g/mol. The van der Waals surface area contributed by atoms with E-state index in [0.29, 0.717) is 44.9 Å². The molecule has 5 atom stereocenters. The van der Waals surface area contributed by atoms with Crippen LogP contribution in [0, 0.1) is 0 Å². The fourth-order valence-corrected chi connectivity index (χ4v) is 11.9. The third kappa shape index (κ3) is 80.0. The molecule has 0 heterocycles. The zero-order valence-electron chi connectivity index (χ0n) is 68.1. The monoisotopic (exact) mass is 1570 g/mol. The molecule has 0 spiro atoms. The summed E-state index contributed by atoms with van der Waals surface area (Å²) < 4.78 is 68.5. The van der Waals surface area contributed by atoms with E-state index in [2.05, 4.69) is 174 Å². The Kier molecular flexibility index (Phi) is 76.4. The third-order valence-electron chi connectivity index (χ3n) is 16.6. The highest BCUT2D eigenvalue weighted by atomic mass is 31.2. The molecule has 0 rings (SSSR count). The van der Waals surface area contributed by atoms with Gasteiger partial charge in [-0.1, -0.05) is 325 Å². The third-order valence-corrected chi connectivity index (χ3v) is 18.5. The fourth-order valence-electron chi connectivity index (χ4n) is 10.3. The number of allylic oxidation sites excluding steroid dienone is 32. The predicted octanol–water partition coefficient (Wildman–Crippen LogP) is 24.9. The lowest BCUT2D eigenvalue weighted by Gasteiger charge is -2.21. The van der Waals surface area contributed by atoms with Gasteiger partial charge in [-0.3, -0.25) is 37.3 Å². The van der Waals surface area contributed by atoms with Gasteiger partial charge in [0.1, 0.15) is 19.3 Å². The molecule has 622 valence electrons. The molecule has 0 aromatic carbocycles. The van der Waals surface area contributed by atoms with E-state index < -0.39 is 97.5 Å². The van der Waals surface area contributed by atoms with E-state index in [0.717, 1.165) is 116 Å². The zero-order chi connectivity index (χ0) is 80.3. The van der Waals surface area contributed by atoms with Crippen molar-refractivity contribution in [2.24, 2.45) is 0 Å². The number of carbonyl (C=O) groups excluding carboxylic acids is 4. The molecule has 0 aromatic rings. The summed E-state index contributed by atoms with van der Waals surface area (Å²) in [6.07, 6.45) is 100. The Bertz CT molecular complexity index is 2850. The number of esters is 4. The van der Waals surface area contributed by atoms with Crippen molar-refractivity contribution >= 4 is 39.5 Å². The average Bonchev–Trinajstić information content (AvgIpc) is 0.907. The van der Waals surface area contributed by atoms with Crippen LogP contribution < -0.4 is 0 Å². The first-order valence-corrected chi connectivity index (χ1v) is 44.7. The molecule has 0 amide bonds. The van der Waals surface area contributed by atoms with E-state index in [4.69, 9.17) is 37.0 Å². The molecule has 2 unspecified atom stereocenters. The Hall–Kier alpha value is -6.10. The van der Waals surface area contributed by atoms with Gasteiger partial charge in [0, 0.05) is 25.7 Å². The summed E-state index contributed by atoms with van der Waals surface area (Å²) in [5.74, 6) is -2.45. The molecule has 0 aliphatic rings. The first kappa shape index (κ1) is 104. The molecule has 3 N–H and O–H groups in total. The topological polar surface area (TPSA) is 237 Å². The largest absolute Gasteiger partial charge is 0.472 e. The number of ether oxygens (including phenoxy) is 4. The van der Waals surface area contributed by atoms with Crippen LogP contribution in [-0.4, -0.2) is 96.7 Å². The molecule has 17 nitrogen and oxygen atoms in total. The van der Waals surface area contributed by atoms with Crippen LogP contribution >= 0.6 is 15.6 Å². The molecule has 0 fully saturated rings. The second-order valence-corrected chi connectivity index (χ2v) is 29.9. The molecule has 0 saturated carbocycles. The highest BCUT2D eigenvalue weighted by molar-refractivity contribution is 7.47. The van der Waals surface area contributed by atoms with Gasteiger partial charge in [-0.05, 0) is 141 Å². The summed E-state index contributed by atoms with van der Waals surface area (Å²) in [4.78, 5) is 73.1. The molecule has 19 heteroatoms. The molecule has 0 radical (unpaired) electrons. The molecule has 0 aromatic heterocycles. The Morgan fingerprint density at radius 2 is 0.500 bits per heavy atom. The number of phosphoric acid groups is 2. The van der Waals surface area contributed by atoms with Gasteiger partial charge in [0.05, 0.1) is 26.4 Å². The molecule has 0 saturated heterocycles. The van der Waals surface area contributed by atoms with Crippen molar-refractivity contribution in [2.75, 3.05) is 39.6 Å². The number of aliphatic hydroxyl groups is 1. The van der Waals surface area contributed by atoms with Crippen LogP contribution in [0.15, 0.2) is 194 Å². The van der Waals surface area contributed by atoms with Gasteiger partial charge in [-0.2, -0.15) is 0 Å². The van der Waals surface area contributed by atoms with Crippen LogP contribution in [0.25, 0.3) is 0 Å². The minimum atomic E-state index is -5.03. The van der Waals surface area contributed by atoms with E-state index in [1.165, 1.54) is 83.5 Å². The van der Waals surface area contributed by atoms with Crippen molar-refractivity contribution in [2.45, 2.75) is 316 Å². The minimum absolute atomic E-state index is 0.0388. The molecule has 110 heavy (non-hydrogen) atoms. The average molecular weight is 1570 g/mol. The maximum atomic E-state index is 13.1. The number of hydrogen-bond acceptors (Lipinski definition) is 15. The van der Waals surface area contributed by atoms with Crippen LogP contribution in [0.1, 0.15) is 297 Å². The highest BCUT2D eigenvalue weighted by Gasteiger charge is 2.30. The Morgan fingerprint density at radius 3 is 0.800 bits per heavy atom. The van der Waals surface area contributed by atoms with Crippen LogP contribution in [0.5, 0.6) is 0 Å². The lowest BCUT2D eigenvalue weighted by Crippen LogP contribution is -2.30. The van der Waals surface area contributed by atoms with Crippen LogP contribution in [0.4, 0.5) is 0 Å². The van der Waals surface area contributed by atoms with E-state index in [1.54, 1.807) is 0 Å². The van der Waals surface area contributed by atoms with Crippen molar-refractivity contribution in [3.8, 4) is 0 Å². The lowest BCUT2D eigenvalue weighted by molar-refractivity contribution is -0.161. The van der Waals surface area contributed by atoms with Crippen LogP contribution in [0.3, 0.4) is 0 Å². The molecule has 0 aliphatic carbocycles. The van der Waals surface area contributed by atoms with Crippen molar-refractivity contribution in [1.29, 1.82) is 0 Å². The molecular formula is C91H146O17P2. The minimum Gasteiger partial charge on any atom is -0.462 e. The number of hydrogen-bond donors (Lipinski definition) is 3. The summed E-state index contributed by atoms with van der Waals surface area (Å²) in [6, 6.07) is 0. The van der Waals surface area contributed by atoms with Gasteiger partial charge in [0.2, 0.25) is 0 Å². The van der Waals surface area contributed by atoms with Gasteiger partial charge >= 0.3 is 39.5 Å². The van der Waals surface area contributed by atoms with Crippen molar-refractivity contribution in [1.82, 2.24) is 0 Å². The predicted molar refractivity (Wildman–Crippen MR) is 454 cm³/mol. The Labute approximate surface area is 666 Å². The van der Waals surface area contributed by atoms with Gasteiger partial charge < -0.3 is 33.8 Å². The normalized spacial score (nSPS) is 14.8. The first-order chi connectivity index (χ1) is 53.7. The quantitative estimate of drug-likeness (QED) is 0.0169. The highest BCUT2D eigenvalue weighted by Crippen LogP contribution is 2.45. The first-order valence-electron chi connectivity index (χ1n) is 41.7. The zero-order valence-corrected chi connectivity index (χ0v) is 69.9.